The second kappa shape index (κ2) is 9.84. The molecule has 1 fully saturated rings. The van der Waals surface area contributed by atoms with Crippen molar-refractivity contribution in [3.63, 3.8) is 0 Å². The van der Waals surface area contributed by atoms with E-state index in [0.717, 1.165) is 22.4 Å². The lowest BCUT2D eigenvalue weighted by Crippen LogP contribution is -2.38. The van der Waals surface area contributed by atoms with Crippen molar-refractivity contribution in [2.24, 2.45) is 0 Å². The fourth-order valence-corrected chi connectivity index (χ4v) is 5.30. The van der Waals surface area contributed by atoms with Gasteiger partial charge in [-0.05, 0) is 49.2 Å². The van der Waals surface area contributed by atoms with Gasteiger partial charge >= 0.3 is 0 Å². The van der Waals surface area contributed by atoms with Gasteiger partial charge in [0, 0.05) is 11.5 Å². The molecule has 0 saturated carbocycles. The summed E-state index contributed by atoms with van der Waals surface area (Å²) in [6, 6.07) is 9.77. The molecule has 0 N–H and O–H groups in total. The fraction of sp³-hybridized carbons (Fsp3) is 0.364. The minimum absolute atomic E-state index is 0.0180. The molecule has 2 heterocycles. The van der Waals surface area contributed by atoms with Crippen LogP contribution in [0.1, 0.15) is 12.8 Å². The minimum atomic E-state index is -0.298. The average molecular weight is 463 g/mol. The molecule has 0 spiro atoms. The van der Waals surface area contributed by atoms with Crippen molar-refractivity contribution in [2.75, 3.05) is 38.0 Å². The number of fused-ring (bicyclic) bond motifs is 1. The van der Waals surface area contributed by atoms with Gasteiger partial charge < -0.3 is 14.2 Å². The van der Waals surface area contributed by atoms with Gasteiger partial charge in [0.1, 0.15) is 27.5 Å². The zero-order chi connectivity index (χ0) is 21.8. The molecule has 9 heteroatoms. The van der Waals surface area contributed by atoms with Gasteiger partial charge in [-0.2, -0.15) is 0 Å². The van der Waals surface area contributed by atoms with Crippen LogP contribution < -0.4 is 14.4 Å². The number of aromatic nitrogens is 1. The van der Waals surface area contributed by atoms with E-state index in [9.17, 15) is 9.18 Å². The lowest BCUT2D eigenvalue weighted by molar-refractivity contribution is -0.116. The standard InChI is InChI=1S/C22H23FN2O4S2/c1-27-17-9-10-18(28-2)21-20(17)24-22(31-21)25(12-15-4-3-11-29-15)19(26)13-30-16-7-5-14(23)6-8-16/h5-10,15H,3-4,11-13H2,1-2H3. The highest BCUT2D eigenvalue weighted by Crippen LogP contribution is 2.40. The highest BCUT2D eigenvalue weighted by Gasteiger charge is 2.27. The highest BCUT2D eigenvalue weighted by atomic mass is 32.2. The third kappa shape index (κ3) is 4.94. The number of methoxy groups -OCH3 is 2. The quantitative estimate of drug-likeness (QED) is 0.450. The summed E-state index contributed by atoms with van der Waals surface area (Å²) < 4.78 is 30.7. The number of anilines is 1. The van der Waals surface area contributed by atoms with Gasteiger partial charge in [-0.25, -0.2) is 9.37 Å². The molecule has 0 aliphatic carbocycles. The largest absolute Gasteiger partial charge is 0.495 e. The van der Waals surface area contributed by atoms with Gasteiger partial charge in [0.05, 0.1) is 32.6 Å². The van der Waals surface area contributed by atoms with Gasteiger partial charge in [-0.3, -0.25) is 9.69 Å². The molecule has 4 rings (SSSR count). The van der Waals surface area contributed by atoms with Crippen molar-refractivity contribution in [3.8, 4) is 11.5 Å². The Kier molecular flexibility index (Phi) is 6.94. The molecule has 1 saturated heterocycles. The summed E-state index contributed by atoms with van der Waals surface area (Å²) in [7, 11) is 3.20. The van der Waals surface area contributed by atoms with Crippen molar-refractivity contribution >= 4 is 44.4 Å². The number of carbonyl (C=O) groups is 1. The Bertz CT molecular complexity index is 1010. The van der Waals surface area contributed by atoms with E-state index < -0.39 is 0 Å². The zero-order valence-corrected chi connectivity index (χ0v) is 18.9. The maximum Gasteiger partial charge on any atom is 0.239 e. The van der Waals surface area contributed by atoms with E-state index in [1.165, 1.54) is 35.2 Å². The molecular formula is C22H23FN2O4S2. The number of halogens is 1. The molecule has 0 bridgehead atoms. The number of hydrogen-bond acceptors (Lipinski definition) is 7. The number of benzene rings is 2. The van der Waals surface area contributed by atoms with Gasteiger partial charge in [0.15, 0.2) is 5.13 Å². The van der Waals surface area contributed by atoms with Gasteiger partial charge in [0.25, 0.3) is 0 Å². The fourth-order valence-electron chi connectivity index (χ4n) is 3.42. The predicted octanol–water partition coefficient (Wildman–Crippen LogP) is 4.76. The molecule has 164 valence electrons. The van der Waals surface area contributed by atoms with E-state index >= 15 is 0 Å². The summed E-state index contributed by atoms with van der Waals surface area (Å²) in [5.41, 5.74) is 0.665. The van der Waals surface area contributed by atoms with Crippen molar-refractivity contribution in [2.45, 2.75) is 23.8 Å². The van der Waals surface area contributed by atoms with E-state index in [4.69, 9.17) is 19.2 Å². The molecule has 2 aromatic carbocycles. The molecule has 1 aliphatic rings. The first-order valence-electron chi connectivity index (χ1n) is 9.91. The van der Waals surface area contributed by atoms with Gasteiger partial charge in [-0.15, -0.1) is 11.8 Å². The Morgan fingerprint density at radius 2 is 1.97 bits per heavy atom. The van der Waals surface area contributed by atoms with Crippen LogP contribution in [0, 0.1) is 5.82 Å². The first-order valence-corrected chi connectivity index (χ1v) is 11.7. The van der Waals surface area contributed by atoms with Crippen LogP contribution in [0.2, 0.25) is 0 Å². The topological polar surface area (TPSA) is 60.9 Å². The van der Waals surface area contributed by atoms with Crippen LogP contribution in [-0.4, -0.2) is 50.1 Å². The number of carbonyl (C=O) groups excluding carboxylic acids is 1. The Balaban J connectivity index is 1.62. The third-order valence-corrected chi connectivity index (χ3v) is 7.11. The van der Waals surface area contributed by atoms with Crippen molar-refractivity contribution < 1.29 is 23.4 Å². The average Bonchev–Trinajstić information content (AvgIpc) is 3.46. The molecule has 1 atom stereocenters. The summed E-state index contributed by atoms with van der Waals surface area (Å²) in [5, 5.41) is 0.581. The lowest BCUT2D eigenvalue weighted by Gasteiger charge is -2.23. The second-order valence-corrected chi connectivity index (χ2v) is 9.05. The molecular weight excluding hydrogens is 439 g/mol. The van der Waals surface area contributed by atoms with E-state index in [2.05, 4.69) is 0 Å². The first kappa shape index (κ1) is 21.9. The highest BCUT2D eigenvalue weighted by molar-refractivity contribution is 8.00. The lowest BCUT2D eigenvalue weighted by atomic mass is 10.2. The number of thioether (sulfide) groups is 1. The summed E-state index contributed by atoms with van der Waals surface area (Å²) in [6.07, 6.45) is 1.88. The van der Waals surface area contributed by atoms with E-state index in [0.29, 0.717) is 35.3 Å². The van der Waals surface area contributed by atoms with Crippen LogP contribution in [0.3, 0.4) is 0 Å². The molecule has 0 radical (unpaired) electrons. The summed E-state index contributed by atoms with van der Waals surface area (Å²) >= 11 is 2.77. The zero-order valence-electron chi connectivity index (χ0n) is 17.3. The van der Waals surface area contributed by atoms with Crippen molar-refractivity contribution in [1.82, 2.24) is 4.98 Å². The van der Waals surface area contributed by atoms with Crippen molar-refractivity contribution in [3.05, 3.63) is 42.2 Å². The van der Waals surface area contributed by atoms with E-state index in [1.54, 1.807) is 37.3 Å². The maximum absolute atomic E-state index is 13.2. The van der Waals surface area contributed by atoms with Crippen LogP contribution in [0.15, 0.2) is 41.3 Å². The molecule has 1 amide bonds. The molecule has 1 unspecified atom stereocenters. The van der Waals surface area contributed by atoms with E-state index in [1.807, 2.05) is 6.07 Å². The second-order valence-electron chi connectivity index (χ2n) is 7.03. The first-order chi connectivity index (χ1) is 15.1. The van der Waals surface area contributed by atoms with Crippen LogP contribution in [-0.2, 0) is 9.53 Å². The smallest absolute Gasteiger partial charge is 0.239 e. The number of rotatable bonds is 8. The number of amides is 1. The number of hydrogen-bond donors (Lipinski definition) is 0. The summed E-state index contributed by atoms with van der Waals surface area (Å²) in [5.74, 6) is 1.14. The monoisotopic (exact) mass is 462 g/mol. The Labute approximate surface area is 188 Å². The predicted molar refractivity (Wildman–Crippen MR) is 121 cm³/mol. The van der Waals surface area contributed by atoms with E-state index in [-0.39, 0.29) is 23.6 Å². The minimum Gasteiger partial charge on any atom is -0.495 e. The number of ether oxygens (including phenoxy) is 3. The van der Waals surface area contributed by atoms with Crippen LogP contribution in [0.25, 0.3) is 10.2 Å². The summed E-state index contributed by atoms with van der Waals surface area (Å²) in [6.45, 7) is 1.14. The Morgan fingerprint density at radius 1 is 1.23 bits per heavy atom. The Hall–Kier alpha value is -2.36. The third-order valence-electron chi connectivity index (χ3n) is 5.02. The van der Waals surface area contributed by atoms with Crippen molar-refractivity contribution in [1.29, 1.82) is 0 Å². The molecule has 3 aromatic rings. The number of thiazole rings is 1. The van der Waals surface area contributed by atoms with Crippen LogP contribution in [0.5, 0.6) is 11.5 Å². The molecule has 1 aromatic heterocycles. The van der Waals surface area contributed by atoms with Gasteiger partial charge in [0.2, 0.25) is 5.91 Å². The molecule has 6 nitrogen and oxygen atoms in total. The van der Waals surface area contributed by atoms with Gasteiger partial charge in [-0.1, -0.05) is 11.3 Å². The van der Waals surface area contributed by atoms with Crippen LogP contribution in [0.4, 0.5) is 9.52 Å². The number of nitrogens with zero attached hydrogens (tertiary/aromatic N) is 2. The SMILES string of the molecule is COc1ccc(OC)c2sc(N(CC3CCCO3)C(=O)CSc3ccc(F)cc3)nc12. The maximum atomic E-state index is 13.2. The summed E-state index contributed by atoms with van der Waals surface area (Å²) in [4.78, 5) is 20.5. The molecule has 1 aliphatic heterocycles. The van der Waals surface area contributed by atoms with Crippen LogP contribution >= 0.6 is 23.1 Å². The normalized spacial score (nSPS) is 15.9. The molecule has 31 heavy (non-hydrogen) atoms. The Morgan fingerprint density at radius 3 is 2.65 bits per heavy atom.